The van der Waals surface area contributed by atoms with Crippen molar-refractivity contribution in [1.29, 1.82) is 0 Å². The first-order chi connectivity index (χ1) is 6.50. The van der Waals surface area contributed by atoms with Crippen LogP contribution in [0.5, 0.6) is 0 Å². The lowest BCUT2D eigenvalue weighted by atomic mass is 10.2. The monoisotopic (exact) mass is 214 g/mol. The molecule has 1 aromatic heterocycles. The van der Waals surface area contributed by atoms with E-state index >= 15 is 0 Å². The zero-order valence-electron chi connectivity index (χ0n) is 7.01. The van der Waals surface area contributed by atoms with E-state index in [1.165, 1.54) is 12.1 Å². The summed E-state index contributed by atoms with van der Waals surface area (Å²) >= 11 is 0. The second-order valence-corrected chi connectivity index (χ2v) is 4.40. The number of hydrogen-bond acceptors (Lipinski definition) is 2. The van der Waals surface area contributed by atoms with Gasteiger partial charge >= 0.3 is 0 Å². The van der Waals surface area contributed by atoms with Crippen LogP contribution >= 0.6 is 0 Å². The minimum atomic E-state index is -3.87. The second kappa shape index (κ2) is 2.79. The van der Waals surface area contributed by atoms with Crippen LogP contribution in [0.1, 0.15) is 0 Å². The molecule has 14 heavy (non-hydrogen) atoms. The van der Waals surface area contributed by atoms with E-state index in [-0.39, 0.29) is 20.6 Å². The summed E-state index contributed by atoms with van der Waals surface area (Å²) in [5, 5.41) is 5.22. The standard InChI is InChI=1S/C8H7FN2O2S/c9-11-5-8(14(10,12)13)6-3-1-2-4-7(6)11/h1-5H,(H2,10,12,13). The molecule has 2 N–H and O–H groups in total. The fourth-order valence-electron chi connectivity index (χ4n) is 1.34. The van der Waals surface area contributed by atoms with Crippen LogP contribution in [0.25, 0.3) is 10.9 Å². The quantitative estimate of drug-likeness (QED) is 0.770. The number of primary sulfonamides is 1. The molecule has 1 aromatic carbocycles. The zero-order valence-corrected chi connectivity index (χ0v) is 7.83. The molecule has 0 amide bonds. The Balaban J connectivity index is 2.93. The van der Waals surface area contributed by atoms with Gasteiger partial charge in [-0.15, -0.1) is 0 Å². The molecule has 0 fully saturated rings. The molecule has 0 atom stereocenters. The molecule has 74 valence electrons. The lowest BCUT2D eigenvalue weighted by molar-refractivity contribution is 0.385. The van der Waals surface area contributed by atoms with Gasteiger partial charge in [0, 0.05) is 5.39 Å². The predicted octanol–water partition coefficient (Wildman–Crippen LogP) is 1.02. The maximum absolute atomic E-state index is 13.1. The first-order valence-corrected chi connectivity index (χ1v) is 5.34. The molecule has 4 nitrogen and oxygen atoms in total. The van der Waals surface area contributed by atoms with Crippen molar-refractivity contribution in [3.05, 3.63) is 30.5 Å². The molecule has 1 heterocycles. The maximum atomic E-state index is 13.1. The summed E-state index contributed by atoms with van der Waals surface area (Å²) < 4.78 is 35.2. The lowest BCUT2D eigenvalue weighted by Gasteiger charge is -1.93. The molecule has 0 saturated heterocycles. The number of nitrogens with two attached hydrogens (primary N) is 1. The summed E-state index contributed by atoms with van der Waals surface area (Å²) in [7, 11) is -3.87. The number of hydrogen-bond donors (Lipinski definition) is 1. The van der Waals surface area contributed by atoms with Crippen LogP contribution in [0.3, 0.4) is 0 Å². The molecule has 0 aliphatic heterocycles. The van der Waals surface area contributed by atoms with E-state index in [0.717, 1.165) is 6.20 Å². The van der Waals surface area contributed by atoms with Crippen molar-refractivity contribution in [1.82, 2.24) is 4.79 Å². The van der Waals surface area contributed by atoms with Gasteiger partial charge in [-0.25, -0.2) is 13.6 Å². The molecule has 2 aromatic rings. The Labute approximate surface area is 79.7 Å². The smallest absolute Gasteiger partial charge is 0.225 e. The van der Waals surface area contributed by atoms with E-state index in [4.69, 9.17) is 5.14 Å². The lowest BCUT2D eigenvalue weighted by Crippen LogP contribution is -2.11. The average molecular weight is 214 g/mol. The van der Waals surface area contributed by atoms with Crippen LogP contribution < -0.4 is 5.14 Å². The Morgan fingerprint density at radius 3 is 2.57 bits per heavy atom. The van der Waals surface area contributed by atoms with Crippen LogP contribution in [-0.4, -0.2) is 13.2 Å². The molecule has 0 spiro atoms. The van der Waals surface area contributed by atoms with Crippen LogP contribution in [0.4, 0.5) is 4.48 Å². The molecule has 2 rings (SSSR count). The fraction of sp³-hybridized carbons (Fsp3) is 0. The van der Waals surface area contributed by atoms with Crippen molar-refractivity contribution in [3.8, 4) is 0 Å². The molecule has 0 aliphatic carbocycles. The van der Waals surface area contributed by atoms with Gasteiger partial charge in [-0.1, -0.05) is 22.7 Å². The number of fused-ring (bicyclic) bond motifs is 1. The third kappa shape index (κ3) is 1.28. The van der Waals surface area contributed by atoms with Gasteiger partial charge in [-0.3, -0.25) is 0 Å². The number of nitrogens with zero attached hydrogens (tertiary/aromatic N) is 1. The SMILES string of the molecule is NS(=O)(=O)c1cn(F)c2ccccc12. The first-order valence-electron chi connectivity index (χ1n) is 3.79. The third-order valence-corrected chi connectivity index (χ3v) is 2.88. The van der Waals surface area contributed by atoms with Crippen molar-refractivity contribution < 1.29 is 12.9 Å². The molecule has 0 unspecified atom stereocenters. The van der Waals surface area contributed by atoms with Crippen molar-refractivity contribution in [2.75, 3.05) is 0 Å². The molecular weight excluding hydrogens is 207 g/mol. The average Bonchev–Trinajstić information content (AvgIpc) is 2.44. The summed E-state index contributed by atoms with van der Waals surface area (Å²) in [6, 6.07) is 6.22. The second-order valence-electron chi connectivity index (χ2n) is 2.87. The summed E-state index contributed by atoms with van der Waals surface area (Å²) in [5.41, 5.74) is 0.191. The highest BCUT2D eigenvalue weighted by molar-refractivity contribution is 7.89. The normalized spacial score (nSPS) is 12.1. The molecule has 0 aliphatic rings. The van der Waals surface area contributed by atoms with Gasteiger partial charge in [0.1, 0.15) is 4.90 Å². The Bertz CT molecular complexity index is 588. The van der Waals surface area contributed by atoms with Gasteiger partial charge in [-0.05, 0) is 6.07 Å². The minimum absolute atomic E-state index is 0.191. The van der Waals surface area contributed by atoms with Crippen LogP contribution in [-0.2, 0) is 10.0 Å². The first kappa shape index (κ1) is 9.17. The van der Waals surface area contributed by atoms with E-state index in [1.807, 2.05) is 0 Å². The molecule has 0 bridgehead atoms. The Morgan fingerprint density at radius 1 is 1.29 bits per heavy atom. The summed E-state index contributed by atoms with van der Waals surface area (Å²) in [6.07, 6.45) is 0.861. The maximum Gasteiger partial charge on any atom is 0.240 e. The van der Waals surface area contributed by atoms with Crippen molar-refractivity contribution in [2.45, 2.75) is 4.90 Å². The molecule has 6 heteroatoms. The van der Waals surface area contributed by atoms with Gasteiger partial charge in [0.15, 0.2) is 0 Å². The van der Waals surface area contributed by atoms with Crippen molar-refractivity contribution in [3.63, 3.8) is 0 Å². The third-order valence-electron chi connectivity index (χ3n) is 1.94. The molecule has 0 radical (unpaired) electrons. The van der Waals surface area contributed by atoms with E-state index < -0.39 is 10.0 Å². The Hall–Kier alpha value is -1.40. The zero-order chi connectivity index (χ0) is 10.3. The van der Waals surface area contributed by atoms with Crippen molar-refractivity contribution >= 4 is 20.9 Å². The van der Waals surface area contributed by atoms with Gasteiger partial charge in [-0.2, -0.15) is 4.79 Å². The molecular formula is C8H7FN2O2S. The minimum Gasteiger partial charge on any atom is -0.225 e. The van der Waals surface area contributed by atoms with Gasteiger partial charge in [0.2, 0.25) is 10.0 Å². The number of benzene rings is 1. The summed E-state index contributed by atoms with van der Waals surface area (Å²) in [5.74, 6) is 0. The van der Waals surface area contributed by atoms with Crippen molar-refractivity contribution in [2.24, 2.45) is 5.14 Å². The highest BCUT2D eigenvalue weighted by Gasteiger charge is 2.16. The van der Waals surface area contributed by atoms with Crippen LogP contribution in [0.2, 0.25) is 0 Å². The summed E-state index contributed by atoms with van der Waals surface area (Å²) in [6.45, 7) is 0. The summed E-state index contributed by atoms with van der Waals surface area (Å²) in [4.78, 5) is 0.0466. The highest BCUT2D eigenvalue weighted by atomic mass is 32.2. The number of para-hydroxylation sites is 1. The largest absolute Gasteiger partial charge is 0.240 e. The van der Waals surface area contributed by atoms with Gasteiger partial charge in [0.05, 0.1) is 11.7 Å². The van der Waals surface area contributed by atoms with E-state index in [1.54, 1.807) is 12.1 Å². The molecule has 0 saturated carbocycles. The van der Waals surface area contributed by atoms with E-state index in [9.17, 15) is 12.9 Å². The van der Waals surface area contributed by atoms with E-state index in [2.05, 4.69) is 0 Å². The number of halogens is 1. The topological polar surface area (TPSA) is 65.1 Å². The fourth-order valence-corrected chi connectivity index (χ4v) is 2.06. The number of aromatic nitrogens is 1. The number of sulfonamides is 1. The highest BCUT2D eigenvalue weighted by Crippen LogP contribution is 2.23. The Morgan fingerprint density at radius 2 is 1.93 bits per heavy atom. The number of rotatable bonds is 1. The predicted molar refractivity (Wildman–Crippen MR) is 49.8 cm³/mol. The van der Waals surface area contributed by atoms with E-state index in [0.29, 0.717) is 0 Å². The van der Waals surface area contributed by atoms with Crippen LogP contribution in [0.15, 0.2) is 35.4 Å². The Kier molecular flexibility index (Phi) is 1.83. The van der Waals surface area contributed by atoms with Gasteiger partial charge in [0.25, 0.3) is 0 Å². The van der Waals surface area contributed by atoms with Crippen LogP contribution in [0, 0.1) is 0 Å². The van der Waals surface area contributed by atoms with Gasteiger partial charge < -0.3 is 0 Å².